The number of thioether (sulfide) groups is 1. The van der Waals surface area contributed by atoms with Crippen molar-refractivity contribution in [2.24, 2.45) is 0 Å². The van der Waals surface area contributed by atoms with Crippen molar-refractivity contribution in [1.29, 1.82) is 0 Å². The molecule has 0 aliphatic carbocycles. The van der Waals surface area contributed by atoms with Gasteiger partial charge >= 0.3 is 5.97 Å². The summed E-state index contributed by atoms with van der Waals surface area (Å²) >= 11 is 1.45. The Kier molecular flexibility index (Phi) is 7.72. The molecule has 0 aromatic heterocycles. The second-order valence-corrected chi connectivity index (χ2v) is 5.19. The third kappa shape index (κ3) is 6.50. The summed E-state index contributed by atoms with van der Waals surface area (Å²) < 4.78 is 4.56. The van der Waals surface area contributed by atoms with Crippen LogP contribution in [0.5, 0.6) is 0 Å². The number of carbonyl (C=O) groups excluding carboxylic acids is 2. The van der Waals surface area contributed by atoms with Crippen LogP contribution in [-0.2, 0) is 14.3 Å². The Balaban J connectivity index is 3.93. The average molecular weight is 245 g/mol. The monoisotopic (exact) mass is 245 g/mol. The highest BCUT2D eigenvalue weighted by atomic mass is 32.2. The smallest absolute Gasteiger partial charge is 0.306 e. The molecule has 0 spiro atoms. The minimum absolute atomic E-state index is 0.0402. The highest BCUT2D eigenvalue weighted by Crippen LogP contribution is 2.20. The highest BCUT2D eigenvalue weighted by molar-refractivity contribution is 8.01. The SMILES string of the molecule is C=CCNC(=O)C(C)SC(C)CC(=O)OC. The minimum Gasteiger partial charge on any atom is -0.469 e. The normalized spacial score (nSPS) is 13.7. The van der Waals surface area contributed by atoms with Gasteiger partial charge in [-0.15, -0.1) is 18.3 Å². The molecule has 0 bridgehead atoms. The van der Waals surface area contributed by atoms with Crippen molar-refractivity contribution in [3.05, 3.63) is 12.7 Å². The Hall–Kier alpha value is -0.970. The zero-order chi connectivity index (χ0) is 12.6. The summed E-state index contributed by atoms with van der Waals surface area (Å²) in [6.07, 6.45) is 1.95. The molecule has 1 amide bonds. The predicted molar refractivity (Wildman–Crippen MR) is 66.4 cm³/mol. The summed E-state index contributed by atoms with van der Waals surface area (Å²) in [5.41, 5.74) is 0. The van der Waals surface area contributed by atoms with Gasteiger partial charge in [0, 0.05) is 11.8 Å². The summed E-state index contributed by atoms with van der Waals surface area (Å²) in [5.74, 6) is -0.291. The zero-order valence-corrected chi connectivity index (χ0v) is 10.8. The molecule has 1 N–H and O–H groups in total. The lowest BCUT2D eigenvalue weighted by Crippen LogP contribution is -2.32. The summed E-state index contributed by atoms with van der Waals surface area (Å²) in [6.45, 7) is 7.71. The Morgan fingerprint density at radius 3 is 2.62 bits per heavy atom. The van der Waals surface area contributed by atoms with Gasteiger partial charge in [-0.25, -0.2) is 0 Å². The molecule has 0 saturated heterocycles. The van der Waals surface area contributed by atoms with Crippen LogP contribution in [0.1, 0.15) is 20.3 Å². The Morgan fingerprint density at radius 1 is 1.50 bits per heavy atom. The van der Waals surface area contributed by atoms with E-state index in [2.05, 4.69) is 16.6 Å². The number of methoxy groups -OCH3 is 1. The van der Waals surface area contributed by atoms with Crippen LogP contribution in [-0.4, -0.2) is 36.0 Å². The minimum atomic E-state index is -0.251. The van der Waals surface area contributed by atoms with E-state index in [1.54, 1.807) is 6.08 Å². The lowest BCUT2D eigenvalue weighted by molar-refractivity contribution is -0.140. The number of hydrogen-bond acceptors (Lipinski definition) is 4. The number of ether oxygens (including phenoxy) is 1. The van der Waals surface area contributed by atoms with Crippen LogP contribution in [0, 0.1) is 0 Å². The van der Waals surface area contributed by atoms with Crippen LogP contribution in [0.3, 0.4) is 0 Å². The van der Waals surface area contributed by atoms with Crippen LogP contribution in [0.2, 0.25) is 0 Å². The fourth-order valence-electron chi connectivity index (χ4n) is 1.09. The van der Waals surface area contributed by atoms with Crippen molar-refractivity contribution in [3.63, 3.8) is 0 Å². The first-order valence-corrected chi connectivity index (χ1v) is 6.06. The number of amides is 1. The van der Waals surface area contributed by atoms with E-state index < -0.39 is 0 Å². The van der Waals surface area contributed by atoms with E-state index in [4.69, 9.17) is 0 Å². The van der Waals surface area contributed by atoms with Crippen LogP contribution in [0.25, 0.3) is 0 Å². The molecular weight excluding hydrogens is 226 g/mol. The maximum atomic E-state index is 11.5. The van der Waals surface area contributed by atoms with Gasteiger partial charge in [0.2, 0.25) is 5.91 Å². The molecule has 0 aliphatic heterocycles. The second kappa shape index (κ2) is 8.21. The zero-order valence-electron chi connectivity index (χ0n) is 9.99. The van der Waals surface area contributed by atoms with E-state index in [1.165, 1.54) is 18.9 Å². The second-order valence-electron chi connectivity index (χ2n) is 3.40. The fraction of sp³-hybridized carbons (Fsp3) is 0.636. The van der Waals surface area contributed by atoms with Gasteiger partial charge in [-0.3, -0.25) is 9.59 Å². The fourth-order valence-corrected chi connectivity index (χ4v) is 2.23. The maximum Gasteiger partial charge on any atom is 0.306 e. The summed E-state index contributed by atoms with van der Waals surface area (Å²) in [5, 5.41) is 2.60. The van der Waals surface area contributed by atoms with E-state index in [9.17, 15) is 9.59 Å². The molecule has 0 saturated carbocycles. The van der Waals surface area contributed by atoms with E-state index in [0.717, 1.165) is 0 Å². The molecule has 92 valence electrons. The topological polar surface area (TPSA) is 55.4 Å². The Labute approximate surface area is 101 Å². The van der Waals surface area contributed by atoms with E-state index >= 15 is 0 Å². The van der Waals surface area contributed by atoms with Crippen LogP contribution < -0.4 is 5.32 Å². The number of rotatable bonds is 7. The largest absolute Gasteiger partial charge is 0.469 e. The molecule has 0 fully saturated rings. The molecule has 5 heteroatoms. The molecular formula is C11H19NO3S. The molecule has 0 aromatic rings. The molecule has 2 unspecified atom stereocenters. The van der Waals surface area contributed by atoms with Crippen molar-refractivity contribution in [2.45, 2.75) is 30.8 Å². The van der Waals surface area contributed by atoms with Gasteiger partial charge in [-0.1, -0.05) is 13.0 Å². The first-order valence-electron chi connectivity index (χ1n) is 5.12. The maximum absolute atomic E-state index is 11.5. The lowest BCUT2D eigenvalue weighted by Gasteiger charge is -2.15. The van der Waals surface area contributed by atoms with Crippen molar-refractivity contribution in [1.82, 2.24) is 5.32 Å². The van der Waals surface area contributed by atoms with Crippen LogP contribution >= 0.6 is 11.8 Å². The molecule has 0 radical (unpaired) electrons. The molecule has 0 heterocycles. The van der Waals surface area contributed by atoms with Gasteiger partial charge in [0.1, 0.15) is 0 Å². The van der Waals surface area contributed by atoms with Crippen molar-refractivity contribution < 1.29 is 14.3 Å². The van der Waals surface area contributed by atoms with Gasteiger partial charge in [0.05, 0.1) is 18.8 Å². The van der Waals surface area contributed by atoms with E-state index in [1.807, 2.05) is 13.8 Å². The number of hydrogen-bond donors (Lipinski definition) is 1. The average Bonchev–Trinajstić information content (AvgIpc) is 2.25. The number of esters is 1. The van der Waals surface area contributed by atoms with Crippen LogP contribution in [0.15, 0.2) is 12.7 Å². The molecule has 0 aliphatic rings. The molecule has 16 heavy (non-hydrogen) atoms. The summed E-state index contributed by atoms with van der Waals surface area (Å²) in [4.78, 5) is 22.5. The van der Waals surface area contributed by atoms with Gasteiger partial charge in [0.15, 0.2) is 0 Å². The van der Waals surface area contributed by atoms with Crippen LogP contribution in [0.4, 0.5) is 0 Å². The molecule has 0 rings (SSSR count). The summed E-state index contributed by atoms with van der Waals surface area (Å²) in [6, 6.07) is 0. The summed E-state index contributed by atoms with van der Waals surface area (Å²) in [7, 11) is 1.36. The standard InChI is InChI=1S/C11H19NO3S/c1-5-6-12-11(14)9(3)16-8(2)7-10(13)15-4/h5,8-9H,1,6-7H2,2-4H3,(H,12,14). The van der Waals surface area contributed by atoms with Crippen molar-refractivity contribution in [2.75, 3.05) is 13.7 Å². The van der Waals surface area contributed by atoms with Crippen molar-refractivity contribution in [3.8, 4) is 0 Å². The molecule has 0 aromatic carbocycles. The van der Waals surface area contributed by atoms with Gasteiger partial charge in [-0.2, -0.15) is 0 Å². The molecule has 2 atom stereocenters. The highest BCUT2D eigenvalue weighted by Gasteiger charge is 2.18. The van der Waals surface area contributed by atoms with Crippen molar-refractivity contribution >= 4 is 23.6 Å². The van der Waals surface area contributed by atoms with E-state index in [-0.39, 0.29) is 22.4 Å². The third-order valence-electron chi connectivity index (χ3n) is 1.91. The van der Waals surface area contributed by atoms with Gasteiger partial charge in [0.25, 0.3) is 0 Å². The first-order chi connectivity index (χ1) is 7.51. The lowest BCUT2D eigenvalue weighted by atomic mass is 10.3. The number of carbonyl (C=O) groups is 2. The van der Waals surface area contributed by atoms with Gasteiger partial charge < -0.3 is 10.1 Å². The Bertz CT molecular complexity index is 256. The van der Waals surface area contributed by atoms with Gasteiger partial charge in [-0.05, 0) is 6.92 Å². The molecule has 4 nitrogen and oxygen atoms in total. The van der Waals surface area contributed by atoms with E-state index in [0.29, 0.717) is 13.0 Å². The first kappa shape index (κ1) is 15.0. The Morgan fingerprint density at radius 2 is 2.12 bits per heavy atom. The third-order valence-corrected chi connectivity index (χ3v) is 3.16. The number of nitrogens with one attached hydrogen (secondary N) is 1. The quantitative estimate of drug-likeness (QED) is 0.543. The predicted octanol–water partition coefficient (Wildman–Crippen LogP) is 1.36.